The third-order valence-corrected chi connectivity index (χ3v) is 4.12. The Bertz CT molecular complexity index is 388. The van der Waals surface area contributed by atoms with Crippen LogP contribution < -0.4 is 0 Å². The monoisotopic (exact) mass is 311 g/mol. The van der Waals surface area contributed by atoms with E-state index >= 15 is 0 Å². The van der Waals surface area contributed by atoms with Crippen LogP contribution in [-0.4, -0.2) is 30.3 Å². The van der Waals surface area contributed by atoms with Gasteiger partial charge in [0.1, 0.15) is 0 Å². The first-order valence-corrected chi connectivity index (χ1v) is 7.37. The average Bonchev–Trinajstić information content (AvgIpc) is 2.38. The molecule has 100 valence electrons. The maximum atomic E-state index is 12.1. The molecule has 2 nitrogen and oxygen atoms in total. The summed E-state index contributed by atoms with van der Waals surface area (Å²) in [6.07, 6.45) is 2.85. The van der Waals surface area contributed by atoms with Crippen LogP contribution in [0.2, 0.25) is 0 Å². The van der Waals surface area contributed by atoms with Crippen molar-refractivity contribution in [3.8, 4) is 0 Å². The number of carbonyl (C=O) groups excluding carboxylic acids is 1. The van der Waals surface area contributed by atoms with Crippen molar-refractivity contribution in [3.63, 3.8) is 0 Å². The third-order valence-electron chi connectivity index (χ3n) is 3.43. The highest BCUT2D eigenvalue weighted by Crippen LogP contribution is 2.18. The summed E-state index contributed by atoms with van der Waals surface area (Å²) in [5.41, 5.74) is 0.787. The normalized spacial score (nSPS) is 11.2. The van der Waals surface area contributed by atoms with E-state index in [1.165, 1.54) is 0 Å². The zero-order valence-corrected chi connectivity index (χ0v) is 13.0. The predicted octanol–water partition coefficient (Wildman–Crippen LogP) is 4.14. The van der Waals surface area contributed by atoms with Gasteiger partial charge in [-0.2, -0.15) is 0 Å². The SMILES string of the molecule is CCC(CC)N(C)CCC(=O)c1ccccc1Br. The number of benzene rings is 1. The number of halogens is 1. The lowest BCUT2D eigenvalue weighted by molar-refractivity contribution is 0.0958. The maximum Gasteiger partial charge on any atom is 0.165 e. The molecule has 0 N–H and O–H groups in total. The zero-order chi connectivity index (χ0) is 13.5. The van der Waals surface area contributed by atoms with Gasteiger partial charge in [0.05, 0.1) is 0 Å². The molecule has 0 unspecified atom stereocenters. The van der Waals surface area contributed by atoms with Crippen molar-refractivity contribution in [2.75, 3.05) is 13.6 Å². The summed E-state index contributed by atoms with van der Waals surface area (Å²) in [4.78, 5) is 14.4. The molecule has 1 rings (SSSR count). The van der Waals surface area contributed by atoms with E-state index in [1.54, 1.807) is 0 Å². The van der Waals surface area contributed by atoms with E-state index < -0.39 is 0 Å². The van der Waals surface area contributed by atoms with Crippen LogP contribution in [0.5, 0.6) is 0 Å². The van der Waals surface area contributed by atoms with Crippen LogP contribution in [0.15, 0.2) is 28.7 Å². The number of carbonyl (C=O) groups is 1. The first kappa shape index (κ1) is 15.4. The molecule has 1 aromatic carbocycles. The molecule has 0 saturated heterocycles. The lowest BCUT2D eigenvalue weighted by atomic mass is 10.1. The highest BCUT2D eigenvalue weighted by atomic mass is 79.9. The standard InChI is InChI=1S/C15H22BrNO/c1-4-12(5-2)17(3)11-10-15(18)13-8-6-7-9-14(13)16/h6-9,12H,4-5,10-11H2,1-3H3. The molecule has 1 aromatic rings. The van der Waals surface area contributed by atoms with Crippen molar-refractivity contribution in [3.05, 3.63) is 34.3 Å². The van der Waals surface area contributed by atoms with E-state index in [4.69, 9.17) is 0 Å². The Kier molecular flexibility index (Phi) is 6.58. The second-order valence-electron chi connectivity index (χ2n) is 4.60. The van der Waals surface area contributed by atoms with Crippen molar-refractivity contribution in [1.82, 2.24) is 4.90 Å². The molecule has 0 aromatic heterocycles. The second kappa shape index (κ2) is 7.70. The highest BCUT2D eigenvalue weighted by Gasteiger charge is 2.14. The van der Waals surface area contributed by atoms with Crippen molar-refractivity contribution in [1.29, 1.82) is 0 Å². The largest absolute Gasteiger partial charge is 0.303 e. The number of hydrogen-bond donors (Lipinski definition) is 0. The van der Waals surface area contributed by atoms with Crippen LogP contribution in [-0.2, 0) is 0 Å². The van der Waals surface area contributed by atoms with Gasteiger partial charge in [0.2, 0.25) is 0 Å². The Labute approximate surface area is 119 Å². The fourth-order valence-corrected chi connectivity index (χ4v) is 2.70. The van der Waals surface area contributed by atoms with Gasteiger partial charge in [-0.25, -0.2) is 0 Å². The predicted molar refractivity (Wildman–Crippen MR) is 80.1 cm³/mol. The quantitative estimate of drug-likeness (QED) is 0.705. The molecule has 0 spiro atoms. The highest BCUT2D eigenvalue weighted by molar-refractivity contribution is 9.10. The van der Waals surface area contributed by atoms with Gasteiger partial charge >= 0.3 is 0 Å². The van der Waals surface area contributed by atoms with E-state index in [1.807, 2.05) is 24.3 Å². The number of Topliss-reactive ketones (excluding diaryl/α,β-unsaturated/α-hetero) is 1. The average molecular weight is 312 g/mol. The summed E-state index contributed by atoms with van der Waals surface area (Å²) in [5.74, 6) is 0.209. The second-order valence-corrected chi connectivity index (χ2v) is 5.46. The van der Waals surface area contributed by atoms with Gasteiger partial charge < -0.3 is 4.90 Å². The van der Waals surface area contributed by atoms with E-state index in [9.17, 15) is 4.79 Å². The van der Waals surface area contributed by atoms with E-state index in [2.05, 4.69) is 41.7 Å². The molecule has 0 saturated carbocycles. The van der Waals surface area contributed by atoms with Crippen LogP contribution >= 0.6 is 15.9 Å². The fourth-order valence-electron chi connectivity index (χ4n) is 2.19. The van der Waals surface area contributed by atoms with Crippen molar-refractivity contribution >= 4 is 21.7 Å². The number of hydrogen-bond acceptors (Lipinski definition) is 2. The minimum Gasteiger partial charge on any atom is -0.303 e. The van der Waals surface area contributed by atoms with Crippen molar-refractivity contribution in [2.24, 2.45) is 0 Å². The molecule has 0 bridgehead atoms. The molecule has 0 aliphatic carbocycles. The van der Waals surface area contributed by atoms with Crippen LogP contribution in [0.3, 0.4) is 0 Å². The smallest absolute Gasteiger partial charge is 0.165 e. The van der Waals surface area contributed by atoms with Gasteiger partial charge in [-0.05, 0) is 26.0 Å². The fraction of sp³-hybridized carbons (Fsp3) is 0.533. The molecule has 0 fully saturated rings. The molecule has 0 aliphatic rings. The molecule has 0 heterocycles. The van der Waals surface area contributed by atoms with Gasteiger partial charge in [-0.1, -0.05) is 48.0 Å². The number of rotatable bonds is 7. The molecule has 0 atom stereocenters. The number of nitrogens with zero attached hydrogens (tertiary/aromatic N) is 1. The zero-order valence-electron chi connectivity index (χ0n) is 11.4. The van der Waals surface area contributed by atoms with Crippen molar-refractivity contribution in [2.45, 2.75) is 39.2 Å². The third kappa shape index (κ3) is 4.21. The molecular formula is C15H22BrNO. The summed E-state index contributed by atoms with van der Waals surface area (Å²) in [6, 6.07) is 8.21. The first-order valence-electron chi connectivity index (χ1n) is 6.58. The van der Waals surface area contributed by atoms with Crippen LogP contribution in [0.25, 0.3) is 0 Å². The lowest BCUT2D eigenvalue weighted by Gasteiger charge is -2.25. The summed E-state index contributed by atoms with van der Waals surface area (Å²) in [6.45, 7) is 5.22. The molecule has 18 heavy (non-hydrogen) atoms. The van der Waals surface area contributed by atoms with Crippen LogP contribution in [0, 0.1) is 0 Å². The molecular weight excluding hydrogens is 290 g/mol. The Morgan fingerprint density at radius 2 is 1.89 bits per heavy atom. The molecule has 3 heteroatoms. The van der Waals surface area contributed by atoms with Gasteiger partial charge in [0.25, 0.3) is 0 Å². The van der Waals surface area contributed by atoms with E-state index in [0.717, 1.165) is 29.4 Å². The number of ketones is 1. The maximum absolute atomic E-state index is 12.1. The van der Waals surface area contributed by atoms with Gasteiger partial charge in [0, 0.05) is 29.0 Å². The summed E-state index contributed by atoms with van der Waals surface area (Å²) in [5, 5.41) is 0. The Balaban J connectivity index is 2.54. The molecule has 0 aliphatic heterocycles. The van der Waals surface area contributed by atoms with Crippen LogP contribution in [0.4, 0.5) is 0 Å². The van der Waals surface area contributed by atoms with Gasteiger partial charge in [0.15, 0.2) is 5.78 Å². The topological polar surface area (TPSA) is 20.3 Å². The Morgan fingerprint density at radius 1 is 1.28 bits per heavy atom. The van der Waals surface area contributed by atoms with Crippen molar-refractivity contribution < 1.29 is 4.79 Å². The molecule has 0 radical (unpaired) electrons. The van der Waals surface area contributed by atoms with E-state index in [-0.39, 0.29) is 5.78 Å². The Hall–Kier alpha value is -0.670. The summed E-state index contributed by atoms with van der Waals surface area (Å²) in [7, 11) is 2.10. The minimum absolute atomic E-state index is 0.209. The van der Waals surface area contributed by atoms with Crippen LogP contribution in [0.1, 0.15) is 43.5 Å². The summed E-state index contributed by atoms with van der Waals surface area (Å²) < 4.78 is 0.889. The Morgan fingerprint density at radius 3 is 2.44 bits per heavy atom. The lowest BCUT2D eigenvalue weighted by Crippen LogP contribution is -2.32. The summed E-state index contributed by atoms with van der Waals surface area (Å²) >= 11 is 3.43. The van der Waals surface area contributed by atoms with E-state index in [0.29, 0.717) is 12.5 Å². The van der Waals surface area contributed by atoms with Gasteiger partial charge in [-0.15, -0.1) is 0 Å². The molecule has 0 amide bonds. The minimum atomic E-state index is 0.209. The van der Waals surface area contributed by atoms with Gasteiger partial charge in [-0.3, -0.25) is 4.79 Å². The first-order chi connectivity index (χ1) is 8.60.